The van der Waals surface area contributed by atoms with E-state index in [4.69, 9.17) is 9.15 Å². The van der Waals surface area contributed by atoms with E-state index in [0.29, 0.717) is 24.4 Å². The van der Waals surface area contributed by atoms with Gasteiger partial charge in [-0.25, -0.2) is 0 Å². The molecule has 2 aromatic carbocycles. The fraction of sp³-hybridized carbons (Fsp3) is 0.250. The maximum absolute atomic E-state index is 12.9. The van der Waals surface area contributed by atoms with Crippen LogP contribution < -0.4 is 4.74 Å². The summed E-state index contributed by atoms with van der Waals surface area (Å²) in [5, 5.41) is 0. The van der Waals surface area contributed by atoms with Crippen LogP contribution in [0.3, 0.4) is 0 Å². The van der Waals surface area contributed by atoms with Crippen LogP contribution >= 0.6 is 15.9 Å². The lowest BCUT2D eigenvalue weighted by atomic mass is 10.1. The minimum atomic E-state index is -0.189. The van der Waals surface area contributed by atoms with E-state index < -0.39 is 0 Å². The highest BCUT2D eigenvalue weighted by atomic mass is 79.9. The average molecular weight is 485 g/mol. The summed E-state index contributed by atoms with van der Waals surface area (Å²) in [6, 6.07) is 18.2. The van der Waals surface area contributed by atoms with Crippen LogP contribution in [0.2, 0.25) is 0 Å². The topological polar surface area (TPSA) is 63.0 Å². The first-order valence-corrected chi connectivity index (χ1v) is 10.7. The molecule has 0 bridgehead atoms. The molecular weight excluding hydrogens is 460 g/mol. The monoisotopic (exact) mass is 484 g/mol. The van der Waals surface area contributed by atoms with Crippen LogP contribution in [0.15, 0.2) is 69.6 Å². The first-order chi connectivity index (χ1) is 14.9. The molecule has 0 unspecified atom stereocenters. The second-order valence-corrected chi connectivity index (χ2v) is 8.14. The van der Waals surface area contributed by atoms with Gasteiger partial charge in [0.1, 0.15) is 18.1 Å². The van der Waals surface area contributed by atoms with Gasteiger partial charge in [0, 0.05) is 37.2 Å². The van der Waals surface area contributed by atoms with Gasteiger partial charge in [-0.3, -0.25) is 9.59 Å². The van der Waals surface area contributed by atoms with Gasteiger partial charge in [0.15, 0.2) is 5.76 Å². The Kier molecular flexibility index (Phi) is 7.52. The third-order valence-electron chi connectivity index (χ3n) is 4.72. The number of furan rings is 1. The average Bonchev–Trinajstić information content (AvgIpc) is 3.25. The van der Waals surface area contributed by atoms with Crippen molar-refractivity contribution in [2.75, 3.05) is 20.6 Å². The van der Waals surface area contributed by atoms with Crippen LogP contribution in [0, 0.1) is 0 Å². The van der Waals surface area contributed by atoms with Crippen LogP contribution in [-0.2, 0) is 13.2 Å². The fourth-order valence-corrected chi connectivity index (χ4v) is 3.23. The summed E-state index contributed by atoms with van der Waals surface area (Å²) in [7, 11) is 3.44. The molecule has 162 valence electrons. The van der Waals surface area contributed by atoms with E-state index >= 15 is 0 Å². The van der Waals surface area contributed by atoms with Crippen molar-refractivity contribution in [3.05, 3.63) is 87.8 Å². The van der Waals surface area contributed by atoms with Crippen LogP contribution in [0.5, 0.6) is 5.75 Å². The molecule has 0 aliphatic heterocycles. The van der Waals surface area contributed by atoms with Crippen molar-refractivity contribution in [2.24, 2.45) is 0 Å². The van der Waals surface area contributed by atoms with Crippen molar-refractivity contribution < 1.29 is 18.7 Å². The van der Waals surface area contributed by atoms with Gasteiger partial charge < -0.3 is 19.0 Å². The molecule has 0 aliphatic rings. The number of amides is 2. The summed E-state index contributed by atoms with van der Waals surface area (Å²) < 4.78 is 12.4. The second kappa shape index (κ2) is 10.3. The number of nitrogens with zero attached hydrogens (tertiary/aromatic N) is 2. The maximum Gasteiger partial charge on any atom is 0.289 e. The van der Waals surface area contributed by atoms with Crippen molar-refractivity contribution >= 4 is 27.7 Å². The number of ether oxygens (including phenoxy) is 1. The van der Waals surface area contributed by atoms with Gasteiger partial charge in [-0.15, -0.1) is 0 Å². The first kappa shape index (κ1) is 22.6. The molecule has 0 fully saturated rings. The Hall–Kier alpha value is -3.06. The lowest BCUT2D eigenvalue weighted by Gasteiger charge is -2.20. The molecule has 0 atom stereocenters. The molecule has 3 rings (SSSR count). The van der Waals surface area contributed by atoms with E-state index in [1.54, 1.807) is 43.3 Å². The van der Waals surface area contributed by atoms with E-state index in [9.17, 15) is 9.59 Å². The van der Waals surface area contributed by atoms with Crippen molar-refractivity contribution in [1.29, 1.82) is 0 Å². The van der Waals surface area contributed by atoms with Crippen LogP contribution in [0.4, 0.5) is 0 Å². The molecule has 7 heteroatoms. The third-order valence-corrected chi connectivity index (χ3v) is 5.25. The Morgan fingerprint density at radius 3 is 2.23 bits per heavy atom. The summed E-state index contributed by atoms with van der Waals surface area (Å²) in [6.07, 6.45) is 0. The Morgan fingerprint density at radius 2 is 1.61 bits per heavy atom. The van der Waals surface area contributed by atoms with Gasteiger partial charge in [-0.1, -0.05) is 28.1 Å². The summed E-state index contributed by atoms with van der Waals surface area (Å²) in [4.78, 5) is 28.1. The molecule has 6 nitrogen and oxygen atoms in total. The highest BCUT2D eigenvalue weighted by Crippen LogP contribution is 2.19. The Labute approximate surface area is 190 Å². The van der Waals surface area contributed by atoms with Gasteiger partial charge in [-0.2, -0.15) is 0 Å². The molecule has 0 spiro atoms. The number of carbonyl (C=O) groups is 2. The SMILES string of the molecule is CCN(Cc1ccc(C(=O)N(C)C)cc1)C(=O)c1ccc(COc2ccc(Br)cc2)o1. The number of benzene rings is 2. The third kappa shape index (κ3) is 5.98. The molecule has 0 saturated heterocycles. The number of halogens is 1. The smallest absolute Gasteiger partial charge is 0.289 e. The molecule has 3 aromatic rings. The van der Waals surface area contributed by atoms with E-state index in [-0.39, 0.29) is 24.2 Å². The van der Waals surface area contributed by atoms with Crippen molar-refractivity contribution in [3.63, 3.8) is 0 Å². The van der Waals surface area contributed by atoms with E-state index in [1.165, 1.54) is 4.90 Å². The lowest BCUT2D eigenvalue weighted by molar-refractivity contribution is 0.0715. The summed E-state index contributed by atoms with van der Waals surface area (Å²) in [6.45, 7) is 3.12. The summed E-state index contributed by atoms with van der Waals surface area (Å²) in [5.41, 5.74) is 1.56. The van der Waals surface area contributed by atoms with Crippen LogP contribution in [-0.4, -0.2) is 42.3 Å². The van der Waals surface area contributed by atoms with E-state index in [1.807, 2.05) is 43.3 Å². The number of hydrogen-bond acceptors (Lipinski definition) is 4. The minimum Gasteiger partial charge on any atom is -0.486 e. The molecule has 2 amide bonds. The number of carbonyl (C=O) groups excluding carboxylic acids is 2. The van der Waals surface area contributed by atoms with Gasteiger partial charge >= 0.3 is 0 Å². The summed E-state index contributed by atoms with van der Waals surface area (Å²) >= 11 is 3.39. The first-order valence-electron chi connectivity index (χ1n) is 9.94. The molecule has 1 aromatic heterocycles. The number of rotatable bonds is 8. The van der Waals surface area contributed by atoms with Crippen molar-refractivity contribution in [3.8, 4) is 5.75 Å². The number of hydrogen-bond donors (Lipinski definition) is 0. The second-order valence-electron chi connectivity index (χ2n) is 7.22. The predicted molar refractivity (Wildman–Crippen MR) is 122 cm³/mol. The molecule has 0 N–H and O–H groups in total. The molecule has 0 aliphatic carbocycles. The van der Waals surface area contributed by atoms with Gasteiger partial charge in [0.05, 0.1) is 0 Å². The zero-order chi connectivity index (χ0) is 22.4. The zero-order valence-electron chi connectivity index (χ0n) is 17.8. The molecule has 31 heavy (non-hydrogen) atoms. The van der Waals surface area contributed by atoms with Crippen LogP contribution in [0.1, 0.15) is 39.2 Å². The van der Waals surface area contributed by atoms with Crippen molar-refractivity contribution in [1.82, 2.24) is 9.80 Å². The molecular formula is C24H25BrN2O4. The largest absolute Gasteiger partial charge is 0.486 e. The summed E-state index contributed by atoms with van der Waals surface area (Å²) in [5.74, 6) is 1.33. The van der Waals surface area contributed by atoms with Gasteiger partial charge in [-0.05, 0) is 61.0 Å². The fourth-order valence-electron chi connectivity index (χ4n) is 2.97. The quantitative estimate of drug-likeness (QED) is 0.451. The maximum atomic E-state index is 12.9. The Balaban J connectivity index is 1.61. The Morgan fingerprint density at radius 1 is 0.935 bits per heavy atom. The molecule has 0 radical (unpaired) electrons. The highest BCUT2D eigenvalue weighted by molar-refractivity contribution is 9.10. The minimum absolute atomic E-state index is 0.0524. The van der Waals surface area contributed by atoms with E-state index in [0.717, 1.165) is 15.8 Å². The zero-order valence-corrected chi connectivity index (χ0v) is 19.4. The van der Waals surface area contributed by atoms with Crippen LogP contribution in [0.25, 0.3) is 0 Å². The van der Waals surface area contributed by atoms with Crippen molar-refractivity contribution in [2.45, 2.75) is 20.1 Å². The van der Waals surface area contributed by atoms with E-state index in [2.05, 4.69) is 15.9 Å². The lowest BCUT2D eigenvalue weighted by Crippen LogP contribution is -2.30. The van der Waals surface area contributed by atoms with Gasteiger partial charge in [0.25, 0.3) is 11.8 Å². The Bertz CT molecular complexity index is 1030. The highest BCUT2D eigenvalue weighted by Gasteiger charge is 2.19. The normalized spacial score (nSPS) is 10.6. The van der Waals surface area contributed by atoms with Gasteiger partial charge in [0.2, 0.25) is 0 Å². The molecule has 0 saturated carbocycles. The predicted octanol–water partition coefficient (Wildman–Crippen LogP) is 4.99. The standard InChI is InChI=1S/C24H25BrN2O4/c1-4-27(15-17-5-7-18(8-6-17)23(28)26(2)3)24(29)22-14-13-21(31-22)16-30-20-11-9-19(25)10-12-20/h5-14H,4,15-16H2,1-3H3. The molecule has 1 heterocycles.